The van der Waals surface area contributed by atoms with Crippen LogP contribution >= 0.6 is 0 Å². The summed E-state index contributed by atoms with van der Waals surface area (Å²) in [7, 11) is 1.33. The maximum atomic E-state index is 12.3. The maximum absolute atomic E-state index is 12.3. The number of rotatable bonds is 2. The average molecular weight is 279 g/mol. The Labute approximate surface area is 116 Å². The highest BCUT2D eigenvalue weighted by atomic mass is 16.5. The van der Waals surface area contributed by atoms with Crippen LogP contribution in [0.1, 0.15) is 17.3 Å². The van der Waals surface area contributed by atoms with Crippen LogP contribution in [-0.2, 0) is 9.53 Å². The zero-order chi connectivity index (χ0) is 14.9. The number of aromatic hydroxyl groups is 2. The molecule has 1 fully saturated rings. The predicted molar refractivity (Wildman–Crippen MR) is 70.3 cm³/mol. The fraction of sp³-hybridized carbons (Fsp3) is 0.429. The third-order valence-electron chi connectivity index (χ3n) is 3.63. The van der Waals surface area contributed by atoms with Crippen LogP contribution in [0.5, 0.6) is 11.5 Å². The molecule has 0 aliphatic carbocycles. The second-order valence-corrected chi connectivity index (χ2v) is 5.02. The van der Waals surface area contributed by atoms with Gasteiger partial charge in [-0.05, 0) is 24.1 Å². The Hall–Kier alpha value is -2.24. The Morgan fingerprint density at radius 3 is 2.55 bits per heavy atom. The molecule has 1 saturated heterocycles. The number of phenolic OH excluding ortho intramolecular Hbond substituents is 2. The molecule has 6 nitrogen and oxygen atoms in total. The van der Waals surface area contributed by atoms with Crippen molar-refractivity contribution in [3.05, 3.63) is 23.8 Å². The number of carbonyl (C=O) groups excluding carboxylic acids is 2. The van der Waals surface area contributed by atoms with E-state index in [9.17, 15) is 19.8 Å². The lowest BCUT2D eigenvalue weighted by Crippen LogP contribution is -2.30. The number of likely N-dealkylation sites (tertiary alicyclic amines) is 1. The van der Waals surface area contributed by atoms with Crippen molar-refractivity contribution < 1.29 is 24.5 Å². The average Bonchev–Trinajstić information content (AvgIpc) is 2.82. The van der Waals surface area contributed by atoms with E-state index in [4.69, 9.17) is 4.74 Å². The number of hydrogen-bond acceptors (Lipinski definition) is 5. The van der Waals surface area contributed by atoms with Crippen LogP contribution in [0.25, 0.3) is 0 Å². The summed E-state index contributed by atoms with van der Waals surface area (Å²) in [5.74, 6) is -1.51. The lowest BCUT2D eigenvalue weighted by Gasteiger charge is -2.16. The van der Waals surface area contributed by atoms with Crippen molar-refractivity contribution in [1.29, 1.82) is 0 Å². The Morgan fingerprint density at radius 1 is 1.25 bits per heavy atom. The van der Waals surface area contributed by atoms with Crippen LogP contribution in [0.15, 0.2) is 18.2 Å². The summed E-state index contributed by atoms with van der Waals surface area (Å²) in [5, 5.41) is 18.7. The van der Waals surface area contributed by atoms with E-state index in [1.807, 2.05) is 6.92 Å². The second kappa shape index (κ2) is 5.40. The first kappa shape index (κ1) is 14.2. The maximum Gasteiger partial charge on any atom is 0.310 e. The fourth-order valence-corrected chi connectivity index (χ4v) is 2.43. The molecule has 2 rings (SSSR count). The van der Waals surface area contributed by atoms with Gasteiger partial charge in [0.1, 0.15) is 0 Å². The number of amides is 1. The molecule has 20 heavy (non-hydrogen) atoms. The van der Waals surface area contributed by atoms with Crippen molar-refractivity contribution in [2.45, 2.75) is 6.92 Å². The summed E-state index contributed by atoms with van der Waals surface area (Å²) in [6, 6.07) is 3.92. The number of esters is 1. The van der Waals surface area contributed by atoms with Gasteiger partial charge in [-0.15, -0.1) is 0 Å². The molecule has 1 amide bonds. The first-order chi connectivity index (χ1) is 9.43. The van der Waals surface area contributed by atoms with Crippen LogP contribution in [0, 0.1) is 11.8 Å². The molecule has 2 unspecified atom stereocenters. The summed E-state index contributed by atoms with van der Waals surface area (Å²) in [6.45, 7) is 2.65. The van der Waals surface area contributed by atoms with Crippen LogP contribution in [0.3, 0.4) is 0 Å². The van der Waals surface area contributed by atoms with E-state index >= 15 is 0 Å². The van der Waals surface area contributed by atoms with Gasteiger partial charge in [-0.25, -0.2) is 0 Å². The third kappa shape index (κ3) is 2.54. The highest BCUT2D eigenvalue weighted by molar-refractivity contribution is 5.95. The molecule has 1 heterocycles. The molecule has 1 aromatic rings. The SMILES string of the molecule is COC(=O)C1CN(C(=O)c2ccc(O)c(O)c2)CC1C. The van der Waals surface area contributed by atoms with Crippen LogP contribution < -0.4 is 0 Å². The number of methoxy groups -OCH3 is 1. The van der Waals surface area contributed by atoms with Gasteiger partial charge in [-0.1, -0.05) is 6.92 Å². The van der Waals surface area contributed by atoms with Gasteiger partial charge in [-0.3, -0.25) is 9.59 Å². The second-order valence-electron chi connectivity index (χ2n) is 5.02. The molecular weight excluding hydrogens is 262 g/mol. The molecule has 0 spiro atoms. The van der Waals surface area contributed by atoms with Gasteiger partial charge < -0.3 is 19.8 Å². The molecule has 108 valence electrons. The minimum Gasteiger partial charge on any atom is -0.504 e. The number of ether oxygens (including phenoxy) is 1. The summed E-state index contributed by atoms with van der Waals surface area (Å²) in [4.78, 5) is 25.4. The first-order valence-electron chi connectivity index (χ1n) is 6.33. The molecule has 0 bridgehead atoms. The molecule has 0 aromatic heterocycles. The van der Waals surface area contributed by atoms with Crippen molar-refractivity contribution in [3.8, 4) is 11.5 Å². The van der Waals surface area contributed by atoms with E-state index in [1.54, 1.807) is 4.90 Å². The fourth-order valence-electron chi connectivity index (χ4n) is 2.43. The van der Waals surface area contributed by atoms with Crippen molar-refractivity contribution in [1.82, 2.24) is 4.90 Å². The summed E-state index contributed by atoms with van der Waals surface area (Å²) in [6.07, 6.45) is 0. The van der Waals surface area contributed by atoms with Gasteiger partial charge in [-0.2, -0.15) is 0 Å². The van der Waals surface area contributed by atoms with Crippen LogP contribution in [0.4, 0.5) is 0 Å². The first-order valence-corrected chi connectivity index (χ1v) is 6.33. The smallest absolute Gasteiger partial charge is 0.310 e. The lowest BCUT2D eigenvalue weighted by molar-refractivity contribution is -0.146. The monoisotopic (exact) mass is 279 g/mol. The molecule has 1 aliphatic rings. The van der Waals surface area contributed by atoms with Crippen LogP contribution in [-0.4, -0.2) is 47.2 Å². The molecule has 1 aliphatic heterocycles. The lowest BCUT2D eigenvalue weighted by atomic mass is 9.99. The zero-order valence-electron chi connectivity index (χ0n) is 11.4. The highest BCUT2D eigenvalue weighted by Crippen LogP contribution is 2.28. The largest absolute Gasteiger partial charge is 0.504 e. The number of benzene rings is 1. The van der Waals surface area contributed by atoms with Crippen molar-refractivity contribution in [2.24, 2.45) is 11.8 Å². The van der Waals surface area contributed by atoms with E-state index in [0.29, 0.717) is 13.1 Å². The number of nitrogens with zero attached hydrogens (tertiary/aromatic N) is 1. The van der Waals surface area contributed by atoms with Gasteiger partial charge in [0.2, 0.25) is 0 Å². The summed E-state index contributed by atoms with van der Waals surface area (Å²) in [5.41, 5.74) is 0.276. The van der Waals surface area contributed by atoms with E-state index in [-0.39, 0.29) is 40.8 Å². The Morgan fingerprint density at radius 2 is 1.95 bits per heavy atom. The highest BCUT2D eigenvalue weighted by Gasteiger charge is 2.37. The summed E-state index contributed by atoms with van der Waals surface area (Å²) >= 11 is 0. The van der Waals surface area contributed by atoms with E-state index in [1.165, 1.54) is 25.3 Å². The van der Waals surface area contributed by atoms with Gasteiger partial charge in [0.05, 0.1) is 13.0 Å². The van der Waals surface area contributed by atoms with Crippen molar-refractivity contribution in [2.75, 3.05) is 20.2 Å². The van der Waals surface area contributed by atoms with Gasteiger partial charge in [0.15, 0.2) is 11.5 Å². The Kier molecular flexibility index (Phi) is 3.83. The minimum absolute atomic E-state index is 0.0251. The minimum atomic E-state index is -0.340. The number of carbonyl (C=O) groups is 2. The Bertz CT molecular complexity index is 542. The predicted octanol–water partition coefficient (Wildman–Crippen LogP) is 0.979. The van der Waals surface area contributed by atoms with Gasteiger partial charge in [0.25, 0.3) is 5.91 Å². The molecule has 2 N–H and O–H groups in total. The summed E-state index contributed by atoms with van der Waals surface area (Å²) < 4.78 is 4.72. The quantitative estimate of drug-likeness (QED) is 0.622. The van der Waals surface area contributed by atoms with Crippen LogP contribution in [0.2, 0.25) is 0 Å². The third-order valence-corrected chi connectivity index (χ3v) is 3.63. The number of phenols is 2. The Balaban J connectivity index is 2.14. The topological polar surface area (TPSA) is 87.1 Å². The van der Waals surface area contributed by atoms with E-state index < -0.39 is 0 Å². The van der Waals surface area contributed by atoms with Crippen molar-refractivity contribution >= 4 is 11.9 Å². The molecule has 0 saturated carbocycles. The molecule has 1 aromatic carbocycles. The van der Waals surface area contributed by atoms with E-state index in [2.05, 4.69) is 0 Å². The zero-order valence-corrected chi connectivity index (χ0v) is 11.4. The molecule has 2 atom stereocenters. The molecule has 6 heteroatoms. The van der Waals surface area contributed by atoms with Gasteiger partial charge in [0, 0.05) is 18.7 Å². The number of hydrogen-bond donors (Lipinski definition) is 2. The molecule has 0 radical (unpaired) electrons. The normalized spacial score (nSPS) is 21.8. The van der Waals surface area contributed by atoms with Crippen molar-refractivity contribution in [3.63, 3.8) is 0 Å². The van der Waals surface area contributed by atoms with Gasteiger partial charge >= 0.3 is 5.97 Å². The standard InChI is InChI=1S/C14H17NO5/c1-8-6-15(7-10(8)14(19)20-2)13(18)9-3-4-11(16)12(17)5-9/h3-5,8,10,16-17H,6-7H2,1-2H3. The molecular formula is C14H17NO5. The van der Waals surface area contributed by atoms with E-state index in [0.717, 1.165) is 0 Å².